The summed E-state index contributed by atoms with van der Waals surface area (Å²) in [7, 11) is 0. The molecule has 2 heterocycles. The third-order valence-electron chi connectivity index (χ3n) is 5.97. The van der Waals surface area contributed by atoms with Crippen molar-refractivity contribution < 1.29 is 14.7 Å². The van der Waals surface area contributed by atoms with E-state index < -0.39 is 4.16 Å². The number of nitrogens with one attached hydrogen (secondary N) is 2. The Bertz CT molecular complexity index is 1150. The Balaban J connectivity index is 0.000000436. The number of benzene rings is 1. The molecule has 1 unspecified atom stereocenters. The van der Waals surface area contributed by atoms with Gasteiger partial charge >= 0.3 is 5.97 Å². The van der Waals surface area contributed by atoms with Crippen LogP contribution in [0.4, 0.5) is 17.2 Å². The third kappa shape index (κ3) is 8.74. The summed E-state index contributed by atoms with van der Waals surface area (Å²) in [5, 5.41) is 15.4. The van der Waals surface area contributed by atoms with Crippen molar-refractivity contribution in [3.05, 3.63) is 48.0 Å². The summed E-state index contributed by atoms with van der Waals surface area (Å²) in [5.41, 5.74) is 5.32. The molecular formula is C27H39N6O3S2+. The van der Waals surface area contributed by atoms with Crippen LogP contribution in [0.3, 0.4) is 0 Å². The van der Waals surface area contributed by atoms with Gasteiger partial charge < -0.3 is 10.1 Å². The molecule has 1 fully saturated rings. The average molecular weight is 560 g/mol. The van der Waals surface area contributed by atoms with Crippen LogP contribution in [-0.2, 0) is 9.53 Å². The van der Waals surface area contributed by atoms with Crippen LogP contribution in [0.2, 0.25) is 0 Å². The molecule has 3 N–H and O–H groups in total. The number of quaternary nitrogens is 1. The van der Waals surface area contributed by atoms with E-state index in [1.54, 1.807) is 30.5 Å². The highest BCUT2D eigenvalue weighted by Crippen LogP contribution is 2.42. The molecule has 206 valence electrons. The van der Waals surface area contributed by atoms with Gasteiger partial charge in [-0.15, -0.1) is 16.8 Å². The number of hydrogen-bond acceptors (Lipinski definition) is 10. The second-order valence-electron chi connectivity index (χ2n) is 9.35. The van der Waals surface area contributed by atoms with E-state index in [0.29, 0.717) is 30.4 Å². The standard InChI is InChI=1S/C21H27N6OS2.C6H12O2/c1-2-25-27(28,29)18-12-16(26-20-10-11-22-14-24-20)8-9-17(18)19-13-23-21(30-19)15-6-4-3-5-7-15;1-4-6(7)8-5(2)3/h8-15,25,28-29H,2-7H2,1H3,(H,22,24,26);5H,4H2,1-3H3/q+1;. The molecule has 9 nitrogen and oxygen atoms in total. The molecule has 4 rings (SSSR count). The molecule has 1 atom stereocenters. The van der Waals surface area contributed by atoms with Crippen LogP contribution in [0.25, 0.3) is 10.4 Å². The molecule has 0 radical (unpaired) electrons. The Hall–Kier alpha value is -2.57. The number of carbonyl (C=O) groups excluding carboxylic acids is 1. The van der Waals surface area contributed by atoms with Crippen LogP contribution in [0, 0.1) is 0 Å². The lowest BCUT2D eigenvalue weighted by Gasteiger charge is -2.24. The van der Waals surface area contributed by atoms with Crippen molar-refractivity contribution in [1.82, 2.24) is 24.5 Å². The topological polar surface area (TPSA) is 109 Å². The number of ether oxygens (including phenoxy) is 1. The quantitative estimate of drug-likeness (QED) is 0.0980. The highest BCUT2D eigenvalue weighted by Gasteiger charge is 2.31. The number of anilines is 2. The zero-order valence-electron chi connectivity index (χ0n) is 22.6. The third-order valence-corrected chi connectivity index (χ3v) is 7.52. The number of thiol groups is 1. The normalized spacial score (nSPS) is 15.3. The summed E-state index contributed by atoms with van der Waals surface area (Å²) >= 11 is 6.19. The number of nitrogens with zero attached hydrogens (tertiary/aromatic N) is 4. The van der Waals surface area contributed by atoms with Crippen molar-refractivity contribution in [2.45, 2.75) is 78.2 Å². The van der Waals surface area contributed by atoms with Crippen molar-refractivity contribution >= 4 is 47.3 Å². The average Bonchev–Trinajstić information content (AvgIpc) is 3.40. The number of esters is 1. The van der Waals surface area contributed by atoms with Crippen molar-refractivity contribution in [3.8, 4) is 10.4 Å². The van der Waals surface area contributed by atoms with Gasteiger partial charge in [0.15, 0.2) is 0 Å². The minimum Gasteiger partial charge on any atom is -0.463 e. The largest absolute Gasteiger partial charge is 0.463 e. The smallest absolute Gasteiger partial charge is 0.305 e. The Morgan fingerprint density at radius 1 is 1.21 bits per heavy atom. The summed E-state index contributed by atoms with van der Waals surface area (Å²) in [6.07, 6.45) is 11.9. The lowest BCUT2D eigenvalue weighted by Crippen LogP contribution is -2.48. The predicted octanol–water partition coefficient (Wildman–Crippen LogP) is 6.81. The highest BCUT2D eigenvalue weighted by atomic mass is 32.1. The van der Waals surface area contributed by atoms with Crippen molar-refractivity contribution in [1.29, 1.82) is 0 Å². The van der Waals surface area contributed by atoms with Gasteiger partial charge in [-0.25, -0.2) is 15.0 Å². The summed E-state index contributed by atoms with van der Waals surface area (Å²) in [4.78, 5) is 24.3. The van der Waals surface area contributed by atoms with Gasteiger partial charge in [0.2, 0.25) is 5.69 Å². The zero-order valence-corrected chi connectivity index (χ0v) is 24.3. The zero-order chi connectivity index (χ0) is 27.5. The predicted molar refractivity (Wildman–Crippen MR) is 156 cm³/mol. The first-order valence-corrected chi connectivity index (χ1v) is 14.4. The molecule has 1 aliphatic rings. The van der Waals surface area contributed by atoms with Gasteiger partial charge in [0.1, 0.15) is 25.0 Å². The highest BCUT2D eigenvalue weighted by molar-refractivity contribution is 7.79. The molecule has 0 spiro atoms. The van der Waals surface area contributed by atoms with Crippen LogP contribution >= 0.6 is 24.2 Å². The molecule has 1 aliphatic carbocycles. The number of thiazole rings is 1. The fraction of sp³-hybridized carbons (Fsp3) is 0.481. The lowest BCUT2D eigenvalue weighted by molar-refractivity contribution is -0.146. The van der Waals surface area contributed by atoms with E-state index in [4.69, 9.17) is 9.72 Å². The van der Waals surface area contributed by atoms with E-state index in [9.17, 15) is 10.0 Å². The van der Waals surface area contributed by atoms with Crippen LogP contribution < -0.4 is 14.9 Å². The van der Waals surface area contributed by atoms with Gasteiger partial charge in [-0.3, -0.25) is 4.79 Å². The maximum atomic E-state index is 11.0. The molecule has 38 heavy (non-hydrogen) atoms. The lowest BCUT2D eigenvalue weighted by atomic mass is 9.90. The Morgan fingerprint density at radius 2 is 1.97 bits per heavy atom. The fourth-order valence-electron chi connectivity index (χ4n) is 4.19. The molecule has 11 heteroatoms. The maximum absolute atomic E-state index is 11.0. The minimum absolute atomic E-state index is 0.0300. The van der Waals surface area contributed by atoms with Crippen molar-refractivity contribution in [3.63, 3.8) is 0 Å². The van der Waals surface area contributed by atoms with E-state index in [1.807, 2.05) is 45.2 Å². The second-order valence-corrected chi connectivity index (χ2v) is 11.0. The first kappa shape index (κ1) is 30.0. The molecule has 3 aromatic rings. The number of rotatable bonds is 9. The van der Waals surface area contributed by atoms with Gasteiger partial charge in [-0.2, -0.15) is 5.21 Å². The van der Waals surface area contributed by atoms with Crippen LogP contribution in [0.15, 0.2) is 43.0 Å². The molecule has 0 aliphatic heterocycles. The van der Waals surface area contributed by atoms with Gasteiger partial charge in [0, 0.05) is 43.0 Å². The Morgan fingerprint density at radius 3 is 2.58 bits per heavy atom. The molecule has 0 amide bonds. The molecule has 1 saturated carbocycles. The molecule has 2 aromatic heterocycles. The van der Waals surface area contributed by atoms with Crippen molar-refractivity contribution in [2.75, 3.05) is 11.9 Å². The summed E-state index contributed by atoms with van der Waals surface area (Å²) in [5.74, 6) is 1.11. The van der Waals surface area contributed by atoms with Gasteiger partial charge in [-0.1, -0.05) is 26.2 Å². The van der Waals surface area contributed by atoms with Crippen LogP contribution in [-0.4, -0.2) is 38.8 Å². The summed E-state index contributed by atoms with van der Waals surface area (Å²) in [6.45, 7) is 7.95. The fourth-order valence-corrected chi connectivity index (χ4v) is 5.62. The Labute approximate surface area is 234 Å². The molecule has 0 saturated heterocycles. The number of hydrogen-bond donors (Lipinski definition) is 4. The van der Waals surface area contributed by atoms with E-state index >= 15 is 0 Å². The molecular weight excluding hydrogens is 520 g/mol. The van der Waals surface area contributed by atoms with Gasteiger partial charge in [0.05, 0.1) is 21.6 Å². The number of carbonyl (C=O) groups is 1. The SMILES string of the molecule is CCC(=O)OC(C)C.CCN[N+](O)(S)c1cc(Nc2ccncn2)ccc1-c1cnc(C2CCCCC2)s1. The van der Waals surface area contributed by atoms with E-state index in [1.165, 1.54) is 43.4 Å². The number of aromatic nitrogens is 3. The first-order valence-electron chi connectivity index (χ1n) is 13.2. The van der Waals surface area contributed by atoms with E-state index in [-0.39, 0.29) is 12.1 Å². The summed E-state index contributed by atoms with van der Waals surface area (Å²) < 4.78 is 4.04. The van der Waals surface area contributed by atoms with Gasteiger partial charge in [-0.05, 0) is 56.0 Å². The molecule has 1 aromatic carbocycles. The minimum atomic E-state index is -0.720. The summed E-state index contributed by atoms with van der Waals surface area (Å²) in [6, 6.07) is 7.64. The Kier molecular flexibility index (Phi) is 11.5. The first-order chi connectivity index (χ1) is 18.2. The van der Waals surface area contributed by atoms with Crippen molar-refractivity contribution in [2.24, 2.45) is 0 Å². The van der Waals surface area contributed by atoms with E-state index in [0.717, 1.165) is 16.1 Å². The maximum Gasteiger partial charge on any atom is 0.305 e. The van der Waals surface area contributed by atoms with Crippen LogP contribution in [0.1, 0.15) is 77.1 Å². The van der Waals surface area contributed by atoms with Gasteiger partial charge in [0.25, 0.3) is 0 Å². The monoisotopic (exact) mass is 559 g/mol. The molecule has 0 bridgehead atoms. The van der Waals surface area contributed by atoms with Crippen LogP contribution in [0.5, 0.6) is 0 Å². The van der Waals surface area contributed by atoms with E-state index in [2.05, 4.69) is 33.5 Å². The second kappa shape index (κ2) is 14.5.